The van der Waals surface area contributed by atoms with Crippen molar-refractivity contribution in [2.24, 2.45) is 5.73 Å². The van der Waals surface area contributed by atoms with Crippen LogP contribution in [-0.4, -0.2) is 51.0 Å². The Bertz CT molecular complexity index is 490. The third kappa shape index (κ3) is 2.86. The van der Waals surface area contributed by atoms with Gasteiger partial charge in [-0.1, -0.05) is 0 Å². The number of morpholine rings is 1. The molecule has 2 atom stereocenters. The van der Waals surface area contributed by atoms with E-state index in [0.717, 1.165) is 30.2 Å². The molecule has 1 heterocycles. The average molecular weight is 292 g/mol. The van der Waals surface area contributed by atoms with Crippen LogP contribution in [0.1, 0.15) is 24.4 Å². The zero-order chi connectivity index (χ0) is 14.8. The summed E-state index contributed by atoms with van der Waals surface area (Å²) in [6, 6.07) is 6.82. The average Bonchev–Trinajstić information content (AvgIpc) is 3.38. The Hall–Kier alpha value is -1.30. The highest BCUT2D eigenvalue weighted by Gasteiger charge is 2.41. The molecule has 0 bridgehead atoms. The molecule has 0 amide bonds. The molecule has 116 valence electrons. The van der Waals surface area contributed by atoms with E-state index in [0.29, 0.717) is 12.6 Å². The largest absolute Gasteiger partial charge is 0.497 e. The zero-order valence-corrected chi connectivity index (χ0v) is 12.7. The highest BCUT2D eigenvalue weighted by molar-refractivity contribution is 5.43. The van der Waals surface area contributed by atoms with Crippen molar-refractivity contribution in [3.8, 4) is 11.5 Å². The van der Waals surface area contributed by atoms with Gasteiger partial charge in [-0.05, 0) is 25.0 Å². The molecule has 3 rings (SSSR count). The van der Waals surface area contributed by atoms with Gasteiger partial charge in [0, 0.05) is 30.8 Å². The summed E-state index contributed by atoms with van der Waals surface area (Å²) in [5, 5.41) is 0. The molecule has 1 aromatic carbocycles. The molecule has 1 aliphatic heterocycles. The van der Waals surface area contributed by atoms with E-state index in [-0.39, 0.29) is 12.1 Å². The van der Waals surface area contributed by atoms with Crippen molar-refractivity contribution in [1.29, 1.82) is 0 Å². The van der Waals surface area contributed by atoms with E-state index in [1.807, 2.05) is 12.1 Å². The van der Waals surface area contributed by atoms with E-state index in [1.165, 1.54) is 12.8 Å². The van der Waals surface area contributed by atoms with Crippen LogP contribution in [0, 0.1) is 0 Å². The van der Waals surface area contributed by atoms with Gasteiger partial charge < -0.3 is 19.9 Å². The van der Waals surface area contributed by atoms with Crippen LogP contribution in [0.2, 0.25) is 0 Å². The lowest BCUT2D eigenvalue weighted by Gasteiger charge is -2.41. The maximum absolute atomic E-state index is 5.94. The van der Waals surface area contributed by atoms with E-state index >= 15 is 0 Å². The Labute approximate surface area is 126 Å². The quantitative estimate of drug-likeness (QED) is 0.892. The number of benzene rings is 1. The molecule has 2 fully saturated rings. The number of rotatable bonds is 5. The third-order valence-electron chi connectivity index (χ3n) is 4.40. The number of ether oxygens (including phenoxy) is 3. The van der Waals surface area contributed by atoms with Gasteiger partial charge in [0.1, 0.15) is 11.5 Å². The highest BCUT2D eigenvalue weighted by atomic mass is 16.5. The van der Waals surface area contributed by atoms with Gasteiger partial charge in [0.2, 0.25) is 0 Å². The summed E-state index contributed by atoms with van der Waals surface area (Å²) in [6.07, 6.45) is 2.56. The number of nitrogens with two attached hydrogens (primary N) is 1. The predicted molar refractivity (Wildman–Crippen MR) is 80.8 cm³/mol. The van der Waals surface area contributed by atoms with Crippen LogP contribution in [0.15, 0.2) is 18.2 Å². The van der Waals surface area contributed by atoms with Gasteiger partial charge in [0.15, 0.2) is 0 Å². The first-order chi connectivity index (χ1) is 10.3. The SMILES string of the molecule is COc1ccc(C2C(CN)OCCN2C2CC2)c(OC)c1. The van der Waals surface area contributed by atoms with E-state index in [4.69, 9.17) is 19.9 Å². The lowest BCUT2D eigenvalue weighted by Crippen LogP contribution is -2.49. The fourth-order valence-corrected chi connectivity index (χ4v) is 3.21. The first-order valence-electron chi connectivity index (χ1n) is 7.57. The smallest absolute Gasteiger partial charge is 0.127 e. The van der Waals surface area contributed by atoms with Crippen LogP contribution < -0.4 is 15.2 Å². The summed E-state index contributed by atoms with van der Waals surface area (Å²) < 4.78 is 16.8. The number of hydrogen-bond acceptors (Lipinski definition) is 5. The normalized spacial score (nSPS) is 26.6. The molecule has 0 radical (unpaired) electrons. The maximum Gasteiger partial charge on any atom is 0.127 e. The van der Waals surface area contributed by atoms with Crippen molar-refractivity contribution < 1.29 is 14.2 Å². The Morgan fingerprint density at radius 1 is 1.29 bits per heavy atom. The molecule has 1 aliphatic carbocycles. The van der Waals surface area contributed by atoms with Crippen molar-refractivity contribution in [3.05, 3.63) is 23.8 Å². The van der Waals surface area contributed by atoms with E-state index in [2.05, 4.69) is 11.0 Å². The fraction of sp³-hybridized carbons (Fsp3) is 0.625. The second kappa shape index (κ2) is 6.22. The van der Waals surface area contributed by atoms with Gasteiger partial charge in [-0.2, -0.15) is 0 Å². The molecule has 5 nitrogen and oxygen atoms in total. The van der Waals surface area contributed by atoms with Crippen molar-refractivity contribution in [3.63, 3.8) is 0 Å². The summed E-state index contributed by atoms with van der Waals surface area (Å²) in [5.41, 5.74) is 7.08. The number of methoxy groups -OCH3 is 2. The van der Waals surface area contributed by atoms with E-state index in [9.17, 15) is 0 Å². The monoisotopic (exact) mass is 292 g/mol. The summed E-state index contributed by atoms with van der Waals surface area (Å²) in [4.78, 5) is 2.53. The Balaban J connectivity index is 1.97. The molecule has 2 N–H and O–H groups in total. The Kier molecular flexibility index (Phi) is 4.33. The van der Waals surface area contributed by atoms with Gasteiger partial charge in [0.25, 0.3) is 0 Å². The summed E-state index contributed by atoms with van der Waals surface area (Å²) in [6.45, 7) is 2.23. The second-order valence-corrected chi connectivity index (χ2v) is 5.67. The fourth-order valence-electron chi connectivity index (χ4n) is 3.21. The molecule has 0 spiro atoms. The van der Waals surface area contributed by atoms with Gasteiger partial charge in [0.05, 0.1) is 33.0 Å². The minimum atomic E-state index is 0.0154. The molecule has 2 unspecified atom stereocenters. The van der Waals surface area contributed by atoms with Gasteiger partial charge in [-0.3, -0.25) is 4.90 Å². The Morgan fingerprint density at radius 2 is 2.10 bits per heavy atom. The van der Waals surface area contributed by atoms with Gasteiger partial charge in [-0.25, -0.2) is 0 Å². The summed E-state index contributed by atoms with van der Waals surface area (Å²) in [5.74, 6) is 1.64. The maximum atomic E-state index is 5.94. The molecule has 1 saturated carbocycles. The van der Waals surface area contributed by atoms with Crippen LogP contribution in [-0.2, 0) is 4.74 Å². The first kappa shape index (κ1) is 14.6. The summed E-state index contributed by atoms with van der Waals surface area (Å²) >= 11 is 0. The lowest BCUT2D eigenvalue weighted by molar-refractivity contribution is -0.0718. The first-order valence-corrected chi connectivity index (χ1v) is 7.57. The second-order valence-electron chi connectivity index (χ2n) is 5.67. The molecule has 0 aromatic heterocycles. The highest BCUT2D eigenvalue weighted by Crippen LogP contribution is 2.42. The zero-order valence-electron chi connectivity index (χ0n) is 12.7. The number of nitrogens with zero attached hydrogens (tertiary/aromatic N) is 1. The summed E-state index contributed by atoms with van der Waals surface area (Å²) in [7, 11) is 3.36. The molecule has 1 saturated heterocycles. The number of hydrogen-bond donors (Lipinski definition) is 1. The topological polar surface area (TPSA) is 57.0 Å². The molecule has 1 aromatic rings. The van der Waals surface area contributed by atoms with Crippen LogP contribution in [0.3, 0.4) is 0 Å². The van der Waals surface area contributed by atoms with Crippen molar-refractivity contribution in [2.45, 2.75) is 31.0 Å². The van der Waals surface area contributed by atoms with Gasteiger partial charge >= 0.3 is 0 Å². The molecular weight excluding hydrogens is 268 g/mol. The van der Waals surface area contributed by atoms with Crippen LogP contribution in [0.5, 0.6) is 11.5 Å². The van der Waals surface area contributed by atoms with Crippen LogP contribution in [0.4, 0.5) is 0 Å². The van der Waals surface area contributed by atoms with Crippen LogP contribution in [0.25, 0.3) is 0 Å². The molecular formula is C16H24N2O3. The predicted octanol–water partition coefficient (Wildman–Crippen LogP) is 1.57. The van der Waals surface area contributed by atoms with Crippen LogP contribution >= 0.6 is 0 Å². The lowest BCUT2D eigenvalue weighted by atomic mass is 9.96. The minimum Gasteiger partial charge on any atom is -0.497 e. The molecule has 21 heavy (non-hydrogen) atoms. The third-order valence-corrected chi connectivity index (χ3v) is 4.40. The van der Waals surface area contributed by atoms with E-state index < -0.39 is 0 Å². The van der Waals surface area contributed by atoms with Gasteiger partial charge in [-0.15, -0.1) is 0 Å². The van der Waals surface area contributed by atoms with Crippen molar-refractivity contribution in [2.75, 3.05) is 33.9 Å². The molecule has 5 heteroatoms. The minimum absolute atomic E-state index is 0.0154. The standard InChI is InChI=1S/C16H24N2O3/c1-19-12-5-6-13(14(9-12)20-2)16-15(10-17)21-8-7-18(16)11-3-4-11/h5-6,9,11,15-16H,3-4,7-8,10,17H2,1-2H3. The molecule has 2 aliphatic rings. The van der Waals surface area contributed by atoms with E-state index in [1.54, 1.807) is 14.2 Å². The van der Waals surface area contributed by atoms with Crippen molar-refractivity contribution in [1.82, 2.24) is 4.90 Å². The Morgan fingerprint density at radius 3 is 2.71 bits per heavy atom. The van der Waals surface area contributed by atoms with Crippen molar-refractivity contribution >= 4 is 0 Å².